The summed E-state index contributed by atoms with van der Waals surface area (Å²) in [5, 5.41) is 12.5. The number of ether oxygens (including phenoxy) is 1. The molecule has 0 spiro atoms. The standard InChI is InChI=1S/C20H22FN3O/c21-19-6-4-18(5-7-19)20(24-8-10-25-11-9-24)15-23-14-17-3-1-2-16(12-17)13-22/h1-7,12,20,23H,8-11,14-15H2/t20-/m1/s1. The lowest BCUT2D eigenvalue weighted by atomic mass is 10.0. The van der Waals surface area contributed by atoms with Crippen molar-refractivity contribution >= 4 is 0 Å². The van der Waals surface area contributed by atoms with Gasteiger partial charge in [-0.05, 0) is 35.4 Å². The van der Waals surface area contributed by atoms with Crippen LogP contribution >= 0.6 is 0 Å². The van der Waals surface area contributed by atoms with E-state index in [1.165, 1.54) is 12.1 Å². The second-order valence-corrected chi connectivity index (χ2v) is 6.16. The zero-order valence-electron chi connectivity index (χ0n) is 14.1. The van der Waals surface area contributed by atoms with Gasteiger partial charge in [-0.1, -0.05) is 24.3 Å². The highest BCUT2D eigenvalue weighted by Crippen LogP contribution is 2.22. The van der Waals surface area contributed by atoms with Crippen molar-refractivity contribution in [2.75, 3.05) is 32.8 Å². The first-order valence-corrected chi connectivity index (χ1v) is 8.53. The number of benzene rings is 2. The SMILES string of the molecule is N#Cc1cccc(CNC[C@H](c2ccc(F)cc2)N2CCOCC2)c1. The Balaban J connectivity index is 1.66. The molecule has 25 heavy (non-hydrogen) atoms. The van der Waals surface area contributed by atoms with Crippen LogP contribution in [0, 0.1) is 17.1 Å². The number of hydrogen-bond donors (Lipinski definition) is 1. The van der Waals surface area contributed by atoms with Crippen LogP contribution < -0.4 is 5.32 Å². The average molecular weight is 339 g/mol. The number of nitrogens with zero attached hydrogens (tertiary/aromatic N) is 2. The summed E-state index contributed by atoms with van der Waals surface area (Å²) in [6.45, 7) is 4.63. The molecule has 0 saturated carbocycles. The first-order valence-electron chi connectivity index (χ1n) is 8.53. The summed E-state index contributed by atoms with van der Waals surface area (Å²) in [4.78, 5) is 2.37. The summed E-state index contributed by atoms with van der Waals surface area (Å²) in [5.74, 6) is -0.217. The van der Waals surface area contributed by atoms with Crippen molar-refractivity contribution in [1.29, 1.82) is 5.26 Å². The van der Waals surface area contributed by atoms with Crippen molar-refractivity contribution < 1.29 is 9.13 Å². The molecule has 1 aliphatic heterocycles. The van der Waals surface area contributed by atoms with Crippen molar-refractivity contribution in [3.8, 4) is 6.07 Å². The van der Waals surface area contributed by atoms with Gasteiger partial charge in [0.2, 0.25) is 0 Å². The van der Waals surface area contributed by atoms with Crippen molar-refractivity contribution in [1.82, 2.24) is 10.2 Å². The number of rotatable bonds is 6. The van der Waals surface area contributed by atoms with Gasteiger partial charge in [0.1, 0.15) is 5.82 Å². The van der Waals surface area contributed by atoms with E-state index in [0.29, 0.717) is 12.1 Å². The molecule has 1 aliphatic rings. The second kappa shape index (κ2) is 8.72. The number of nitrogens with one attached hydrogen (secondary N) is 1. The van der Waals surface area contributed by atoms with Crippen LogP contribution in [0.3, 0.4) is 0 Å². The molecule has 0 unspecified atom stereocenters. The van der Waals surface area contributed by atoms with E-state index in [9.17, 15) is 4.39 Å². The first kappa shape index (κ1) is 17.6. The molecule has 2 aromatic carbocycles. The van der Waals surface area contributed by atoms with E-state index in [4.69, 9.17) is 10.00 Å². The van der Waals surface area contributed by atoms with Gasteiger partial charge in [-0.25, -0.2) is 4.39 Å². The fraction of sp³-hybridized carbons (Fsp3) is 0.350. The Kier molecular flexibility index (Phi) is 6.13. The van der Waals surface area contributed by atoms with E-state index in [-0.39, 0.29) is 11.9 Å². The molecule has 4 nitrogen and oxygen atoms in total. The summed E-state index contributed by atoms with van der Waals surface area (Å²) in [6, 6.07) is 16.7. The largest absolute Gasteiger partial charge is 0.379 e. The number of hydrogen-bond acceptors (Lipinski definition) is 4. The van der Waals surface area contributed by atoms with Crippen LogP contribution in [-0.2, 0) is 11.3 Å². The lowest BCUT2D eigenvalue weighted by molar-refractivity contribution is 0.0161. The molecule has 0 radical (unpaired) electrons. The van der Waals surface area contributed by atoms with Crippen molar-refractivity contribution in [2.24, 2.45) is 0 Å². The van der Waals surface area contributed by atoms with Crippen molar-refractivity contribution in [3.63, 3.8) is 0 Å². The number of nitriles is 1. The smallest absolute Gasteiger partial charge is 0.123 e. The zero-order chi connectivity index (χ0) is 17.5. The van der Waals surface area contributed by atoms with Gasteiger partial charge in [0.25, 0.3) is 0 Å². The van der Waals surface area contributed by atoms with Gasteiger partial charge >= 0.3 is 0 Å². The summed E-state index contributed by atoms with van der Waals surface area (Å²) in [5.41, 5.74) is 2.85. The lowest BCUT2D eigenvalue weighted by Crippen LogP contribution is -2.42. The molecule has 0 aromatic heterocycles. The fourth-order valence-electron chi connectivity index (χ4n) is 3.14. The highest BCUT2D eigenvalue weighted by Gasteiger charge is 2.22. The van der Waals surface area contributed by atoms with E-state index >= 15 is 0 Å². The molecule has 1 N–H and O–H groups in total. The molecule has 0 amide bonds. The van der Waals surface area contributed by atoms with Crippen LogP contribution in [0.25, 0.3) is 0 Å². The molecule has 0 bridgehead atoms. The molecule has 5 heteroatoms. The van der Waals surface area contributed by atoms with Crippen LogP contribution in [0.5, 0.6) is 0 Å². The lowest BCUT2D eigenvalue weighted by Gasteiger charge is -2.35. The van der Waals surface area contributed by atoms with E-state index in [2.05, 4.69) is 16.3 Å². The molecular formula is C20H22FN3O. The second-order valence-electron chi connectivity index (χ2n) is 6.16. The Morgan fingerprint density at radius 2 is 1.92 bits per heavy atom. The van der Waals surface area contributed by atoms with Crippen LogP contribution in [0.15, 0.2) is 48.5 Å². The maximum absolute atomic E-state index is 13.3. The van der Waals surface area contributed by atoms with Gasteiger partial charge in [-0.15, -0.1) is 0 Å². The molecule has 2 aromatic rings. The van der Waals surface area contributed by atoms with Gasteiger partial charge in [0.15, 0.2) is 0 Å². The van der Waals surface area contributed by atoms with Crippen LogP contribution in [-0.4, -0.2) is 37.7 Å². The third kappa shape index (κ3) is 4.86. The van der Waals surface area contributed by atoms with E-state index in [1.807, 2.05) is 30.3 Å². The minimum atomic E-state index is -0.217. The third-order valence-electron chi connectivity index (χ3n) is 4.46. The first-order chi connectivity index (χ1) is 12.3. The molecular weight excluding hydrogens is 317 g/mol. The quantitative estimate of drug-likeness (QED) is 0.879. The third-order valence-corrected chi connectivity index (χ3v) is 4.46. The molecule has 3 rings (SSSR count). The molecule has 0 aliphatic carbocycles. The van der Waals surface area contributed by atoms with Crippen molar-refractivity contribution in [3.05, 3.63) is 71.0 Å². The van der Waals surface area contributed by atoms with E-state index < -0.39 is 0 Å². The Hall–Kier alpha value is -2.26. The van der Waals surface area contributed by atoms with Gasteiger partial charge in [0, 0.05) is 32.2 Å². The molecule has 1 fully saturated rings. The normalized spacial score (nSPS) is 16.3. The van der Waals surface area contributed by atoms with Crippen molar-refractivity contribution in [2.45, 2.75) is 12.6 Å². The van der Waals surface area contributed by atoms with Crippen LogP contribution in [0.4, 0.5) is 4.39 Å². The van der Waals surface area contributed by atoms with Gasteiger partial charge in [-0.3, -0.25) is 4.90 Å². The summed E-state index contributed by atoms with van der Waals surface area (Å²) < 4.78 is 18.7. The Bertz CT molecular complexity index is 720. The summed E-state index contributed by atoms with van der Waals surface area (Å²) in [7, 11) is 0. The Morgan fingerprint density at radius 3 is 2.64 bits per heavy atom. The maximum atomic E-state index is 13.3. The molecule has 1 atom stereocenters. The number of morpholine rings is 1. The summed E-state index contributed by atoms with van der Waals surface area (Å²) >= 11 is 0. The highest BCUT2D eigenvalue weighted by atomic mass is 19.1. The van der Waals surface area contributed by atoms with E-state index in [0.717, 1.165) is 44.0 Å². The minimum absolute atomic E-state index is 0.170. The van der Waals surface area contributed by atoms with Crippen LogP contribution in [0.1, 0.15) is 22.7 Å². The van der Waals surface area contributed by atoms with Gasteiger partial charge in [0.05, 0.1) is 24.8 Å². The number of halogens is 1. The minimum Gasteiger partial charge on any atom is -0.379 e. The predicted molar refractivity (Wildman–Crippen MR) is 94.4 cm³/mol. The van der Waals surface area contributed by atoms with Gasteiger partial charge < -0.3 is 10.1 Å². The Labute approximate surface area is 147 Å². The van der Waals surface area contributed by atoms with Crippen LogP contribution in [0.2, 0.25) is 0 Å². The molecule has 130 valence electrons. The fourth-order valence-corrected chi connectivity index (χ4v) is 3.14. The van der Waals surface area contributed by atoms with E-state index in [1.54, 1.807) is 6.07 Å². The highest BCUT2D eigenvalue weighted by molar-refractivity contribution is 5.32. The predicted octanol–water partition coefficient (Wildman–Crippen LogP) is 2.86. The molecule has 1 saturated heterocycles. The summed E-state index contributed by atoms with van der Waals surface area (Å²) in [6.07, 6.45) is 0. The maximum Gasteiger partial charge on any atom is 0.123 e. The monoisotopic (exact) mass is 339 g/mol. The zero-order valence-corrected chi connectivity index (χ0v) is 14.1. The average Bonchev–Trinajstić information content (AvgIpc) is 2.67. The van der Waals surface area contributed by atoms with Gasteiger partial charge in [-0.2, -0.15) is 5.26 Å². The molecule has 1 heterocycles. The Morgan fingerprint density at radius 1 is 1.16 bits per heavy atom. The topological polar surface area (TPSA) is 48.3 Å².